The lowest BCUT2D eigenvalue weighted by Gasteiger charge is -2.01. The minimum Gasteiger partial charge on any atom is -0.261 e. The summed E-state index contributed by atoms with van der Waals surface area (Å²) >= 11 is 3.53. The van der Waals surface area contributed by atoms with Crippen molar-refractivity contribution in [2.45, 2.75) is 13.3 Å². The van der Waals surface area contributed by atoms with E-state index in [0.717, 1.165) is 16.6 Å². The van der Waals surface area contributed by atoms with Crippen LogP contribution in [0.5, 0.6) is 0 Å². The van der Waals surface area contributed by atoms with Gasteiger partial charge in [0.1, 0.15) is 0 Å². The van der Waals surface area contributed by atoms with E-state index >= 15 is 0 Å². The first-order valence-electron chi connectivity index (χ1n) is 4.34. The Labute approximate surface area is 85.9 Å². The molecule has 0 aliphatic rings. The number of pyridine rings is 1. The van der Waals surface area contributed by atoms with E-state index in [1.54, 1.807) is 0 Å². The molecule has 0 amide bonds. The van der Waals surface area contributed by atoms with Gasteiger partial charge >= 0.3 is 0 Å². The van der Waals surface area contributed by atoms with Crippen LogP contribution in [0, 0.1) is 0 Å². The molecule has 0 unspecified atom stereocenters. The summed E-state index contributed by atoms with van der Waals surface area (Å²) in [5.74, 6) is 0. The fourth-order valence-corrected chi connectivity index (χ4v) is 1.86. The smallest absolute Gasteiger partial charge is 0.0407 e. The molecule has 13 heavy (non-hydrogen) atoms. The van der Waals surface area contributed by atoms with E-state index in [1.807, 2.05) is 12.3 Å². The van der Waals surface area contributed by atoms with E-state index in [1.165, 1.54) is 10.8 Å². The predicted molar refractivity (Wildman–Crippen MR) is 58.8 cm³/mol. The second-order valence-corrected chi connectivity index (χ2v) is 3.84. The molecule has 0 fully saturated rings. The highest BCUT2D eigenvalue weighted by atomic mass is 79.9. The Morgan fingerprint density at radius 2 is 2.23 bits per heavy atom. The molecule has 0 radical (unpaired) electrons. The van der Waals surface area contributed by atoms with Crippen molar-refractivity contribution in [3.8, 4) is 0 Å². The van der Waals surface area contributed by atoms with Gasteiger partial charge in [0, 0.05) is 21.7 Å². The van der Waals surface area contributed by atoms with Gasteiger partial charge in [-0.1, -0.05) is 35.0 Å². The number of rotatable bonds is 1. The van der Waals surface area contributed by atoms with Crippen LogP contribution in [0.4, 0.5) is 0 Å². The van der Waals surface area contributed by atoms with Crippen molar-refractivity contribution < 1.29 is 0 Å². The zero-order valence-electron chi connectivity index (χ0n) is 7.42. The standard InChI is InChI=1S/C11H10BrN/c1-2-9-6-10-8(7-13-9)4-3-5-11(10)12/h3-7H,2H2,1H3. The maximum absolute atomic E-state index is 4.35. The second kappa shape index (κ2) is 3.46. The van der Waals surface area contributed by atoms with Crippen molar-refractivity contribution >= 4 is 26.7 Å². The Morgan fingerprint density at radius 1 is 1.38 bits per heavy atom. The normalized spacial score (nSPS) is 10.6. The van der Waals surface area contributed by atoms with Crippen molar-refractivity contribution in [2.24, 2.45) is 0 Å². The van der Waals surface area contributed by atoms with Gasteiger partial charge in [-0.15, -0.1) is 0 Å². The highest BCUT2D eigenvalue weighted by molar-refractivity contribution is 9.10. The van der Waals surface area contributed by atoms with Crippen molar-refractivity contribution in [3.05, 3.63) is 40.6 Å². The highest BCUT2D eigenvalue weighted by Crippen LogP contribution is 2.23. The zero-order valence-corrected chi connectivity index (χ0v) is 9.01. The monoisotopic (exact) mass is 235 g/mol. The molecular weight excluding hydrogens is 226 g/mol. The average molecular weight is 236 g/mol. The maximum atomic E-state index is 4.35. The molecule has 0 atom stereocenters. The van der Waals surface area contributed by atoms with Crippen LogP contribution in [0.3, 0.4) is 0 Å². The van der Waals surface area contributed by atoms with Crippen molar-refractivity contribution in [1.29, 1.82) is 0 Å². The van der Waals surface area contributed by atoms with Gasteiger partial charge in [0.25, 0.3) is 0 Å². The average Bonchev–Trinajstić information content (AvgIpc) is 2.18. The molecule has 1 nitrogen and oxygen atoms in total. The molecule has 0 saturated heterocycles. The predicted octanol–water partition coefficient (Wildman–Crippen LogP) is 3.56. The molecule has 1 aromatic carbocycles. The Bertz CT molecular complexity index is 437. The molecule has 0 bridgehead atoms. The van der Waals surface area contributed by atoms with E-state index in [9.17, 15) is 0 Å². The molecule has 0 spiro atoms. The minimum atomic E-state index is 0.983. The SMILES string of the molecule is CCc1cc2c(Br)cccc2cn1. The summed E-state index contributed by atoms with van der Waals surface area (Å²) in [5, 5.41) is 2.43. The number of hydrogen-bond acceptors (Lipinski definition) is 1. The van der Waals surface area contributed by atoms with Gasteiger partial charge in [-0.05, 0) is 23.9 Å². The van der Waals surface area contributed by atoms with Crippen molar-refractivity contribution in [3.63, 3.8) is 0 Å². The third-order valence-electron chi connectivity index (χ3n) is 2.13. The number of halogens is 1. The van der Waals surface area contributed by atoms with Crippen LogP contribution >= 0.6 is 15.9 Å². The second-order valence-electron chi connectivity index (χ2n) is 2.99. The molecular formula is C11H10BrN. The molecule has 2 rings (SSSR count). The summed E-state index contributed by atoms with van der Waals surface area (Å²) in [7, 11) is 0. The van der Waals surface area contributed by atoms with E-state index in [-0.39, 0.29) is 0 Å². The van der Waals surface area contributed by atoms with Gasteiger partial charge in [0.15, 0.2) is 0 Å². The van der Waals surface area contributed by atoms with E-state index in [0.29, 0.717) is 0 Å². The van der Waals surface area contributed by atoms with E-state index in [4.69, 9.17) is 0 Å². The Kier molecular flexibility index (Phi) is 2.32. The number of aryl methyl sites for hydroxylation is 1. The number of nitrogens with zero attached hydrogens (tertiary/aromatic N) is 1. The molecule has 0 aliphatic heterocycles. The van der Waals surface area contributed by atoms with Gasteiger partial charge in [-0.25, -0.2) is 0 Å². The molecule has 1 aromatic heterocycles. The molecule has 0 N–H and O–H groups in total. The largest absolute Gasteiger partial charge is 0.261 e. The van der Waals surface area contributed by atoms with E-state index in [2.05, 4.69) is 46.0 Å². The van der Waals surface area contributed by atoms with E-state index < -0.39 is 0 Å². The molecule has 0 saturated carbocycles. The molecule has 66 valence electrons. The lowest BCUT2D eigenvalue weighted by molar-refractivity contribution is 1.05. The summed E-state index contributed by atoms with van der Waals surface area (Å²) in [4.78, 5) is 4.35. The highest BCUT2D eigenvalue weighted by Gasteiger charge is 1.99. The Balaban J connectivity index is 2.74. The lowest BCUT2D eigenvalue weighted by Crippen LogP contribution is -1.86. The first-order valence-corrected chi connectivity index (χ1v) is 5.13. The van der Waals surface area contributed by atoms with Crippen LogP contribution in [0.25, 0.3) is 10.8 Å². The number of aromatic nitrogens is 1. The van der Waals surface area contributed by atoms with Crippen molar-refractivity contribution in [2.75, 3.05) is 0 Å². The Morgan fingerprint density at radius 3 is 3.00 bits per heavy atom. The zero-order chi connectivity index (χ0) is 9.26. The summed E-state index contributed by atoms with van der Waals surface area (Å²) in [5.41, 5.74) is 1.14. The molecule has 2 heteroatoms. The first-order chi connectivity index (χ1) is 6.31. The number of benzene rings is 1. The quantitative estimate of drug-likeness (QED) is 0.737. The Hall–Kier alpha value is -0.890. The van der Waals surface area contributed by atoms with Crippen LogP contribution in [-0.4, -0.2) is 4.98 Å². The molecule has 0 aliphatic carbocycles. The van der Waals surface area contributed by atoms with Crippen LogP contribution in [0.2, 0.25) is 0 Å². The third kappa shape index (κ3) is 1.59. The summed E-state index contributed by atoms with van der Waals surface area (Å²) < 4.78 is 1.14. The number of hydrogen-bond donors (Lipinski definition) is 0. The fourth-order valence-electron chi connectivity index (χ4n) is 1.37. The topological polar surface area (TPSA) is 12.9 Å². The lowest BCUT2D eigenvalue weighted by atomic mass is 10.1. The molecule has 1 heterocycles. The summed E-state index contributed by atoms with van der Waals surface area (Å²) in [6.07, 6.45) is 2.91. The summed E-state index contributed by atoms with van der Waals surface area (Å²) in [6, 6.07) is 8.30. The third-order valence-corrected chi connectivity index (χ3v) is 2.82. The fraction of sp³-hybridized carbons (Fsp3) is 0.182. The van der Waals surface area contributed by atoms with Gasteiger partial charge in [-0.2, -0.15) is 0 Å². The summed E-state index contributed by atoms with van der Waals surface area (Å²) in [6.45, 7) is 2.12. The molecule has 2 aromatic rings. The van der Waals surface area contributed by atoms with Gasteiger partial charge in [0.2, 0.25) is 0 Å². The van der Waals surface area contributed by atoms with Gasteiger partial charge < -0.3 is 0 Å². The maximum Gasteiger partial charge on any atom is 0.0407 e. The van der Waals surface area contributed by atoms with Gasteiger partial charge in [-0.3, -0.25) is 4.98 Å². The van der Waals surface area contributed by atoms with Crippen LogP contribution in [0.1, 0.15) is 12.6 Å². The van der Waals surface area contributed by atoms with Gasteiger partial charge in [0.05, 0.1) is 0 Å². The van der Waals surface area contributed by atoms with Crippen LogP contribution in [-0.2, 0) is 6.42 Å². The number of fused-ring (bicyclic) bond motifs is 1. The first kappa shape index (κ1) is 8.70. The van der Waals surface area contributed by atoms with Crippen LogP contribution in [0.15, 0.2) is 34.9 Å². The minimum absolute atomic E-state index is 0.983. The van der Waals surface area contributed by atoms with Crippen molar-refractivity contribution in [1.82, 2.24) is 4.98 Å². The van der Waals surface area contributed by atoms with Crippen LogP contribution < -0.4 is 0 Å².